The van der Waals surface area contributed by atoms with Crippen molar-refractivity contribution in [3.63, 3.8) is 0 Å². The van der Waals surface area contributed by atoms with Crippen LogP contribution in [0.3, 0.4) is 0 Å². The van der Waals surface area contributed by atoms with Crippen LogP contribution in [0, 0.1) is 22.5 Å². The standard InChI is InChI=1S/C25H24F2N4O5.H2/c26-19-5-3-16(23(28)36-24(29)22-2-1-10-35-22)14-18(19)25(32)30-21-15-17(4-6-20(21)27)34-13-9-31-7-11-33-12-8-31;/h1-6,10,14-15,28-29H,7-9,11-13H2,(H,30,32);1H. The van der Waals surface area contributed by atoms with E-state index in [2.05, 4.69) is 10.2 Å². The number of furan rings is 1. The van der Waals surface area contributed by atoms with E-state index in [1.165, 1.54) is 30.5 Å². The predicted molar refractivity (Wildman–Crippen MR) is 129 cm³/mol. The second-order valence-corrected chi connectivity index (χ2v) is 7.83. The third-order valence-electron chi connectivity index (χ3n) is 5.39. The lowest BCUT2D eigenvalue weighted by atomic mass is 10.1. The molecule has 0 unspecified atom stereocenters. The lowest BCUT2D eigenvalue weighted by Gasteiger charge is -2.26. The second-order valence-electron chi connectivity index (χ2n) is 7.83. The van der Waals surface area contributed by atoms with E-state index < -0.39 is 34.9 Å². The van der Waals surface area contributed by atoms with Crippen molar-refractivity contribution in [2.45, 2.75) is 0 Å². The van der Waals surface area contributed by atoms with E-state index in [-0.39, 0.29) is 18.4 Å². The van der Waals surface area contributed by atoms with Gasteiger partial charge in [-0.3, -0.25) is 20.5 Å². The highest BCUT2D eigenvalue weighted by Gasteiger charge is 2.18. The summed E-state index contributed by atoms with van der Waals surface area (Å²) in [6.07, 6.45) is 1.35. The van der Waals surface area contributed by atoms with Crippen LogP contribution in [0.1, 0.15) is 23.1 Å². The number of carbonyl (C=O) groups excluding carboxylic acids is 1. The number of benzene rings is 2. The molecule has 4 rings (SSSR count). The van der Waals surface area contributed by atoms with Gasteiger partial charge in [-0.1, -0.05) is 0 Å². The van der Waals surface area contributed by atoms with Gasteiger partial charge in [-0.15, -0.1) is 0 Å². The number of ether oxygens (including phenoxy) is 3. The van der Waals surface area contributed by atoms with E-state index in [1.54, 1.807) is 6.07 Å². The van der Waals surface area contributed by atoms with Gasteiger partial charge in [0, 0.05) is 32.7 Å². The Bertz CT molecular complexity index is 1250. The van der Waals surface area contributed by atoms with Crippen molar-refractivity contribution in [3.05, 3.63) is 83.3 Å². The summed E-state index contributed by atoms with van der Waals surface area (Å²) >= 11 is 0. The molecule has 0 spiro atoms. The van der Waals surface area contributed by atoms with Crippen LogP contribution < -0.4 is 10.1 Å². The monoisotopic (exact) mass is 500 g/mol. The second kappa shape index (κ2) is 11.6. The maximum Gasteiger partial charge on any atom is 0.258 e. The van der Waals surface area contributed by atoms with E-state index in [0.29, 0.717) is 32.1 Å². The highest BCUT2D eigenvalue weighted by atomic mass is 19.1. The molecule has 1 aliphatic rings. The maximum absolute atomic E-state index is 14.4. The van der Waals surface area contributed by atoms with Crippen molar-refractivity contribution in [1.29, 1.82) is 10.8 Å². The number of amides is 1. The summed E-state index contributed by atoms with van der Waals surface area (Å²) in [6.45, 7) is 4.00. The van der Waals surface area contributed by atoms with E-state index in [4.69, 9.17) is 29.4 Å². The minimum absolute atomic E-state index is 0. The van der Waals surface area contributed by atoms with Gasteiger partial charge >= 0.3 is 0 Å². The Kier molecular flexibility index (Phi) is 8.03. The topological polar surface area (TPSA) is 121 Å². The van der Waals surface area contributed by atoms with Crippen LogP contribution in [0.25, 0.3) is 0 Å². The van der Waals surface area contributed by atoms with E-state index in [1.807, 2.05) is 0 Å². The minimum atomic E-state index is -0.923. The molecule has 1 saturated heterocycles. The highest BCUT2D eigenvalue weighted by molar-refractivity contribution is 6.08. The molecule has 190 valence electrons. The molecule has 2 aromatic carbocycles. The number of hydrogen-bond donors (Lipinski definition) is 3. The molecule has 1 fully saturated rings. The molecular weight excluding hydrogens is 474 g/mol. The van der Waals surface area contributed by atoms with Crippen LogP contribution in [0.15, 0.2) is 59.2 Å². The molecule has 3 aromatic rings. The molecule has 0 radical (unpaired) electrons. The zero-order valence-electron chi connectivity index (χ0n) is 19.2. The Morgan fingerprint density at radius 3 is 2.58 bits per heavy atom. The first kappa shape index (κ1) is 25.0. The molecule has 9 nitrogen and oxygen atoms in total. The zero-order chi connectivity index (χ0) is 25.5. The first-order valence-corrected chi connectivity index (χ1v) is 11.1. The summed E-state index contributed by atoms with van der Waals surface area (Å²) in [7, 11) is 0. The molecule has 1 aromatic heterocycles. The largest absolute Gasteiger partial charge is 0.492 e. The quantitative estimate of drug-likeness (QED) is 0.316. The number of rotatable bonds is 8. The molecule has 2 heterocycles. The van der Waals surface area contributed by atoms with Gasteiger partial charge in [-0.25, -0.2) is 8.78 Å². The van der Waals surface area contributed by atoms with Crippen molar-refractivity contribution in [1.82, 2.24) is 4.90 Å². The molecule has 0 aliphatic carbocycles. The smallest absolute Gasteiger partial charge is 0.258 e. The minimum Gasteiger partial charge on any atom is -0.492 e. The number of hydrogen-bond acceptors (Lipinski definition) is 8. The zero-order valence-corrected chi connectivity index (χ0v) is 19.2. The first-order chi connectivity index (χ1) is 17.4. The van der Waals surface area contributed by atoms with Gasteiger partial charge < -0.3 is 23.9 Å². The Morgan fingerprint density at radius 2 is 1.83 bits per heavy atom. The summed E-state index contributed by atoms with van der Waals surface area (Å²) < 4.78 is 50.0. The summed E-state index contributed by atoms with van der Waals surface area (Å²) in [5, 5.41) is 18.2. The van der Waals surface area contributed by atoms with Crippen molar-refractivity contribution in [3.8, 4) is 5.75 Å². The first-order valence-electron chi connectivity index (χ1n) is 11.1. The van der Waals surface area contributed by atoms with E-state index in [0.717, 1.165) is 31.3 Å². The number of nitrogens with one attached hydrogen (secondary N) is 3. The SMILES string of the molecule is N=C(OC(=N)c1ccco1)c1ccc(F)c(C(=O)Nc2cc(OCCN3CCOCC3)ccc2F)c1.[HH]. The molecule has 3 N–H and O–H groups in total. The summed E-state index contributed by atoms with van der Waals surface area (Å²) in [5.74, 6) is -2.98. The number of anilines is 1. The fourth-order valence-electron chi connectivity index (χ4n) is 3.46. The van der Waals surface area contributed by atoms with Gasteiger partial charge in [0.1, 0.15) is 24.0 Å². The Labute approximate surface area is 207 Å². The number of morpholine rings is 1. The molecule has 1 aliphatic heterocycles. The summed E-state index contributed by atoms with van der Waals surface area (Å²) in [6, 6.07) is 10.3. The third kappa shape index (κ3) is 6.32. The van der Waals surface area contributed by atoms with Crippen LogP contribution in [0.2, 0.25) is 0 Å². The molecular formula is C25H26F2N4O5. The van der Waals surface area contributed by atoms with Crippen LogP contribution >= 0.6 is 0 Å². The number of nitrogens with zero attached hydrogens (tertiary/aromatic N) is 1. The van der Waals surface area contributed by atoms with Crippen molar-refractivity contribution in [2.24, 2.45) is 0 Å². The van der Waals surface area contributed by atoms with Gasteiger partial charge in [-0.05, 0) is 42.5 Å². The molecule has 36 heavy (non-hydrogen) atoms. The van der Waals surface area contributed by atoms with Crippen molar-refractivity contribution < 1.29 is 33.6 Å². The molecule has 11 heteroatoms. The van der Waals surface area contributed by atoms with E-state index >= 15 is 0 Å². The predicted octanol–water partition coefficient (Wildman–Crippen LogP) is 4.13. The maximum atomic E-state index is 14.4. The summed E-state index contributed by atoms with van der Waals surface area (Å²) in [5.41, 5.74) is -0.568. The highest BCUT2D eigenvalue weighted by Crippen LogP contribution is 2.23. The molecule has 0 atom stereocenters. The van der Waals surface area contributed by atoms with Gasteiger partial charge in [0.05, 0.1) is 30.7 Å². The normalized spacial score (nSPS) is 13.7. The number of halogens is 2. The van der Waals surface area contributed by atoms with Gasteiger partial charge in [-0.2, -0.15) is 0 Å². The van der Waals surface area contributed by atoms with Crippen LogP contribution in [0.5, 0.6) is 5.75 Å². The Balaban J connectivity index is 0.00000380. The van der Waals surface area contributed by atoms with Gasteiger partial charge in [0.15, 0.2) is 5.76 Å². The molecule has 1 amide bonds. The number of carbonyl (C=O) groups is 1. The fraction of sp³-hybridized carbons (Fsp3) is 0.240. The molecule has 0 saturated carbocycles. The van der Waals surface area contributed by atoms with Crippen molar-refractivity contribution >= 4 is 23.4 Å². The fourth-order valence-corrected chi connectivity index (χ4v) is 3.46. The summed E-state index contributed by atoms with van der Waals surface area (Å²) in [4.78, 5) is 14.9. The van der Waals surface area contributed by atoms with Crippen LogP contribution in [0.4, 0.5) is 14.5 Å². The molecule has 0 bridgehead atoms. The van der Waals surface area contributed by atoms with Crippen LogP contribution in [-0.2, 0) is 9.47 Å². The third-order valence-corrected chi connectivity index (χ3v) is 5.39. The van der Waals surface area contributed by atoms with Gasteiger partial charge in [0.25, 0.3) is 11.8 Å². The Hall–Kier alpha value is -4.09. The average Bonchev–Trinajstić information content (AvgIpc) is 3.42. The lowest BCUT2D eigenvalue weighted by Crippen LogP contribution is -2.38. The average molecular weight is 501 g/mol. The van der Waals surface area contributed by atoms with Crippen LogP contribution in [-0.4, -0.2) is 62.1 Å². The van der Waals surface area contributed by atoms with E-state index in [9.17, 15) is 13.6 Å². The van der Waals surface area contributed by atoms with Crippen molar-refractivity contribution in [2.75, 3.05) is 44.8 Å². The Morgan fingerprint density at radius 1 is 1.06 bits per heavy atom. The van der Waals surface area contributed by atoms with Gasteiger partial charge in [0.2, 0.25) is 5.90 Å². The lowest BCUT2D eigenvalue weighted by molar-refractivity contribution is 0.0322.